The van der Waals surface area contributed by atoms with Crippen LogP contribution < -0.4 is 15.4 Å². The lowest BCUT2D eigenvalue weighted by Gasteiger charge is -2.13. The van der Waals surface area contributed by atoms with Crippen molar-refractivity contribution in [2.45, 2.75) is 19.9 Å². The second kappa shape index (κ2) is 9.91. The molecule has 7 heteroatoms. The third-order valence-electron chi connectivity index (χ3n) is 4.83. The van der Waals surface area contributed by atoms with Crippen molar-refractivity contribution in [2.75, 3.05) is 11.9 Å². The maximum Gasteiger partial charge on any atom is 0.258 e. The Bertz CT molecular complexity index is 1300. The van der Waals surface area contributed by atoms with Gasteiger partial charge in [0.05, 0.1) is 5.52 Å². The molecule has 33 heavy (non-hydrogen) atoms. The Hall–Kier alpha value is -4.26. The predicted octanol–water partition coefficient (Wildman–Crippen LogP) is 4.94. The molecule has 4 aromatic rings. The second-order valence-electron chi connectivity index (χ2n) is 7.85. The van der Waals surface area contributed by atoms with Crippen molar-refractivity contribution in [2.24, 2.45) is 0 Å². The second-order valence-corrected chi connectivity index (χ2v) is 7.85. The molecule has 0 saturated carbocycles. The van der Waals surface area contributed by atoms with Crippen LogP contribution in [-0.4, -0.2) is 34.7 Å². The van der Waals surface area contributed by atoms with Crippen LogP contribution in [0, 0.1) is 5.41 Å². The van der Waals surface area contributed by atoms with Crippen molar-refractivity contribution in [1.82, 2.24) is 15.3 Å². The summed E-state index contributed by atoms with van der Waals surface area (Å²) in [5, 5.41) is 14.6. The first-order valence-electron chi connectivity index (χ1n) is 10.7. The maximum absolute atomic E-state index is 11.9. The van der Waals surface area contributed by atoms with Crippen molar-refractivity contribution in [1.29, 1.82) is 5.41 Å². The highest BCUT2D eigenvalue weighted by molar-refractivity contribution is 5.92. The lowest BCUT2D eigenvalue weighted by atomic mass is 10.1. The van der Waals surface area contributed by atoms with Crippen molar-refractivity contribution in [3.8, 4) is 17.1 Å². The van der Waals surface area contributed by atoms with E-state index in [1.807, 2.05) is 80.6 Å². The van der Waals surface area contributed by atoms with Gasteiger partial charge in [-0.2, -0.15) is 0 Å². The van der Waals surface area contributed by atoms with Crippen LogP contribution in [0.3, 0.4) is 0 Å². The van der Waals surface area contributed by atoms with Crippen LogP contribution in [0.25, 0.3) is 22.3 Å². The lowest BCUT2D eigenvalue weighted by Crippen LogP contribution is -2.34. The summed E-state index contributed by atoms with van der Waals surface area (Å²) >= 11 is 0. The molecular weight excluding hydrogens is 414 g/mol. The zero-order valence-electron chi connectivity index (χ0n) is 18.5. The van der Waals surface area contributed by atoms with E-state index >= 15 is 0 Å². The summed E-state index contributed by atoms with van der Waals surface area (Å²) in [6.07, 6.45) is 1.31. The Labute approximate surface area is 192 Å². The summed E-state index contributed by atoms with van der Waals surface area (Å²) in [6, 6.07) is 22.8. The van der Waals surface area contributed by atoms with Crippen LogP contribution in [0.2, 0.25) is 0 Å². The summed E-state index contributed by atoms with van der Waals surface area (Å²) in [5.74, 6) is 1.60. The number of ether oxygens (including phenoxy) is 1. The van der Waals surface area contributed by atoms with E-state index in [-0.39, 0.29) is 18.6 Å². The lowest BCUT2D eigenvalue weighted by molar-refractivity contribution is -0.123. The number of amides is 1. The van der Waals surface area contributed by atoms with Crippen LogP contribution in [-0.2, 0) is 4.79 Å². The molecule has 0 fully saturated rings. The first kappa shape index (κ1) is 22.0. The Morgan fingerprint density at radius 1 is 1.03 bits per heavy atom. The van der Waals surface area contributed by atoms with E-state index in [0.29, 0.717) is 17.4 Å². The van der Waals surface area contributed by atoms with E-state index in [4.69, 9.17) is 20.1 Å². The number of para-hydroxylation sites is 1. The minimum Gasteiger partial charge on any atom is -0.484 e. The van der Waals surface area contributed by atoms with E-state index < -0.39 is 0 Å². The van der Waals surface area contributed by atoms with Gasteiger partial charge in [-0.3, -0.25) is 4.79 Å². The van der Waals surface area contributed by atoms with E-state index in [0.717, 1.165) is 27.7 Å². The Balaban J connectivity index is 1.66. The summed E-state index contributed by atoms with van der Waals surface area (Å²) in [4.78, 5) is 21.4. The Kier molecular flexibility index (Phi) is 6.59. The van der Waals surface area contributed by atoms with Crippen LogP contribution in [0.4, 0.5) is 11.5 Å². The molecule has 166 valence electrons. The first-order chi connectivity index (χ1) is 16.0. The number of aromatic nitrogens is 2. The largest absolute Gasteiger partial charge is 0.484 e. The topological polar surface area (TPSA) is 100.0 Å². The molecular formula is C26H25N5O2. The first-order valence-corrected chi connectivity index (χ1v) is 10.7. The highest BCUT2D eigenvalue weighted by atomic mass is 16.5. The zero-order valence-corrected chi connectivity index (χ0v) is 18.5. The molecule has 1 aromatic heterocycles. The predicted molar refractivity (Wildman–Crippen MR) is 131 cm³/mol. The number of rotatable bonds is 8. The van der Waals surface area contributed by atoms with Gasteiger partial charge in [-0.15, -0.1) is 0 Å². The summed E-state index contributed by atoms with van der Waals surface area (Å²) in [5.41, 5.74) is 3.21. The van der Waals surface area contributed by atoms with Crippen LogP contribution in [0.5, 0.6) is 5.75 Å². The van der Waals surface area contributed by atoms with Gasteiger partial charge in [0.15, 0.2) is 12.4 Å². The van der Waals surface area contributed by atoms with Crippen LogP contribution in [0.15, 0.2) is 72.8 Å². The van der Waals surface area contributed by atoms with Gasteiger partial charge in [0.2, 0.25) is 0 Å². The third-order valence-corrected chi connectivity index (χ3v) is 4.83. The Morgan fingerprint density at radius 2 is 1.85 bits per heavy atom. The molecule has 0 atom stereocenters. The molecule has 0 saturated heterocycles. The fourth-order valence-corrected chi connectivity index (χ4v) is 3.38. The van der Waals surface area contributed by atoms with Gasteiger partial charge in [-0.25, -0.2) is 9.97 Å². The molecule has 0 aliphatic rings. The maximum atomic E-state index is 11.9. The van der Waals surface area contributed by atoms with Crippen molar-refractivity contribution >= 4 is 34.5 Å². The number of nitrogens with zero attached hydrogens (tertiary/aromatic N) is 2. The number of hydrogen-bond donors (Lipinski definition) is 3. The molecule has 1 heterocycles. The molecule has 0 aliphatic carbocycles. The molecule has 0 radical (unpaired) electrons. The average Bonchev–Trinajstić information content (AvgIpc) is 2.82. The number of fused-ring (bicyclic) bond motifs is 1. The van der Waals surface area contributed by atoms with Gasteiger partial charge in [-0.1, -0.05) is 36.4 Å². The normalized spacial score (nSPS) is 10.8. The molecule has 3 aromatic carbocycles. The van der Waals surface area contributed by atoms with E-state index in [1.165, 1.54) is 6.21 Å². The average molecular weight is 440 g/mol. The monoisotopic (exact) mass is 439 g/mol. The van der Waals surface area contributed by atoms with E-state index in [1.54, 1.807) is 6.07 Å². The van der Waals surface area contributed by atoms with E-state index in [2.05, 4.69) is 10.6 Å². The fourth-order valence-electron chi connectivity index (χ4n) is 3.38. The SMILES string of the molecule is CC(C)NC(=O)COc1cccc(-c2nc(Nc3cccc(C=N)c3)c3ccccc3n2)c1. The molecule has 7 nitrogen and oxygen atoms in total. The van der Waals surface area contributed by atoms with Crippen molar-refractivity contribution in [3.63, 3.8) is 0 Å². The molecule has 0 spiro atoms. The summed E-state index contributed by atoms with van der Waals surface area (Å²) in [6.45, 7) is 3.75. The standard InChI is InChI=1S/C26H25N5O2/c1-17(2)28-24(32)16-33-21-10-6-8-19(14-21)25-30-23-12-4-3-11-22(23)26(31-25)29-20-9-5-7-18(13-20)15-27/h3-15,17,27H,16H2,1-2H3,(H,28,32)(H,29,30,31). The molecule has 0 unspecified atom stereocenters. The molecule has 1 amide bonds. The molecule has 3 N–H and O–H groups in total. The molecule has 0 bridgehead atoms. The van der Waals surface area contributed by atoms with Gasteiger partial charge in [0.25, 0.3) is 5.91 Å². The minimum absolute atomic E-state index is 0.0592. The van der Waals surface area contributed by atoms with Crippen LogP contribution in [0.1, 0.15) is 19.4 Å². The van der Waals surface area contributed by atoms with Crippen molar-refractivity contribution in [3.05, 3.63) is 78.4 Å². The van der Waals surface area contributed by atoms with Crippen molar-refractivity contribution < 1.29 is 9.53 Å². The Morgan fingerprint density at radius 3 is 2.67 bits per heavy atom. The number of carbonyl (C=O) groups is 1. The smallest absolute Gasteiger partial charge is 0.258 e. The number of carbonyl (C=O) groups excluding carboxylic acids is 1. The zero-order chi connectivity index (χ0) is 23.2. The number of anilines is 2. The quantitative estimate of drug-likeness (QED) is 0.338. The number of nitrogens with one attached hydrogen (secondary N) is 3. The molecule has 0 aliphatic heterocycles. The minimum atomic E-state index is -0.170. The van der Waals surface area contributed by atoms with Gasteiger partial charge >= 0.3 is 0 Å². The van der Waals surface area contributed by atoms with Gasteiger partial charge in [0, 0.05) is 28.9 Å². The van der Waals surface area contributed by atoms with Crippen LogP contribution >= 0.6 is 0 Å². The van der Waals surface area contributed by atoms with E-state index in [9.17, 15) is 4.79 Å². The third kappa shape index (κ3) is 5.51. The highest BCUT2D eigenvalue weighted by Crippen LogP contribution is 2.29. The highest BCUT2D eigenvalue weighted by Gasteiger charge is 2.11. The number of benzene rings is 3. The summed E-state index contributed by atoms with van der Waals surface area (Å²) < 4.78 is 5.67. The molecule has 4 rings (SSSR count). The van der Waals surface area contributed by atoms with Gasteiger partial charge in [0.1, 0.15) is 11.6 Å². The fraction of sp³-hybridized carbons (Fsp3) is 0.154. The van der Waals surface area contributed by atoms with Gasteiger partial charge < -0.3 is 20.8 Å². The number of hydrogen-bond acceptors (Lipinski definition) is 6. The summed E-state index contributed by atoms with van der Waals surface area (Å²) in [7, 11) is 0. The van der Waals surface area contributed by atoms with Gasteiger partial charge in [-0.05, 0) is 55.8 Å².